The van der Waals surface area contributed by atoms with E-state index in [-0.39, 0.29) is 18.3 Å². The number of nitrogens with one attached hydrogen (secondary N) is 1. The number of carbonyl (C=O) groups excluding carboxylic acids is 1. The Labute approximate surface area is 156 Å². The number of aliphatic hydroxyl groups excluding tert-OH is 1. The van der Waals surface area contributed by atoms with E-state index in [1.807, 2.05) is 0 Å². The van der Waals surface area contributed by atoms with Gasteiger partial charge >= 0.3 is 6.09 Å². The minimum atomic E-state index is -0.228. The topological polar surface area (TPSA) is 58.6 Å². The van der Waals surface area contributed by atoms with Gasteiger partial charge in [0.2, 0.25) is 0 Å². The Morgan fingerprint density at radius 2 is 1.92 bits per heavy atom. The average Bonchev–Trinajstić information content (AvgIpc) is 3.18. The number of allylic oxidation sites excluding steroid dienone is 1. The number of alkyl carbamates (subject to hydrolysis) is 1. The van der Waals surface area contributed by atoms with Crippen LogP contribution in [0, 0.1) is 34.5 Å². The molecule has 4 heteroatoms. The van der Waals surface area contributed by atoms with Gasteiger partial charge < -0.3 is 15.2 Å². The van der Waals surface area contributed by atoms with Gasteiger partial charge in [-0.15, -0.1) is 0 Å². The number of hydrogen-bond donors (Lipinski definition) is 2. The molecule has 1 amide bonds. The Hall–Kier alpha value is -1.03. The monoisotopic (exact) mass is 359 g/mol. The van der Waals surface area contributed by atoms with Crippen molar-refractivity contribution in [1.82, 2.24) is 5.32 Å². The summed E-state index contributed by atoms with van der Waals surface area (Å²) in [5.74, 6) is 2.81. The SMILES string of the molecule is C[C@]12CC[C@H]3[C@@H](CC=C4C[C@@H](O)CC[C@@]43C)[C@@H]1CC[C@@H]2C1CNC(=O)O1. The molecule has 3 saturated carbocycles. The molecule has 26 heavy (non-hydrogen) atoms. The van der Waals surface area contributed by atoms with Gasteiger partial charge in [-0.25, -0.2) is 4.79 Å². The molecule has 0 aromatic carbocycles. The molecule has 0 aromatic rings. The molecular formula is C22H33NO3. The summed E-state index contributed by atoms with van der Waals surface area (Å²) in [5.41, 5.74) is 2.17. The molecular weight excluding hydrogens is 326 g/mol. The smallest absolute Gasteiger partial charge is 0.407 e. The standard InChI is InChI=1S/C22H33NO3/c1-21-9-7-14(24)11-13(21)3-4-15-16-5-6-18(19-12-23-20(25)26-19)22(16,2)10-8-17(15)21/h3,14-19,24H,4-12H2,1-2H3,(H,23,25)/t14-,15-,16-,17-,18+,19?,21-,22-/m0/s1. The third-order valence-electron chi connectivity index (χ3n) is 9.31. The van der Waals surface area contributed by atoms with Gasteiger partial charge in [0.25, 0.3) is 0 Å². The average molecular weight is 360 g/mol. The zero-order valence-electron chi connectivity index (χ0n) is 16.2. The first kappa shape index (κ1) is 17.1. The van der Waals surface area contributed by atoms with E-state index in [0.29, 0.717) is 23.3 Å². The maximum atomic E-state index is 11.6. The lowest BCUT2D eigenvalue weighted by Crippen LogP contribution is -2.51. The highest BCUT2D eigenvalue weighted by atomic mass is 16.6. The molecule has 0 spiro atoms. The summed E-state index contributed by atoms with van der Waals surface area (Å²) >= 11 is 0. The Bertz CT molecular complexity index is 645. The van der Waals surface area contributed by atoms with Crippen molar-refractivity contribution in [2.45, 2.75) is 77.4 Å². The third kappa shape index (κ3) is 2.26. The molecule has 144 valence electrons. The van der Waals surface area contributed by atoms with Crippen LogP contribution in [-0.2, 0) is 4.74 Å². The minimum absolute atomic E-state index is 0.0733. The van der Waals surface area contributed by atoms with Crippen LogP contribution in [0.25, 0.3) is 0 Å². The van der Waals surface area contributed by atoms with Crippen molar-refractivity contribution in [3.05, 3.63) is 11.6 Å². The molecule has 1 aliphatic heterocycles. The van der Waals surface area contributed by atoms with Crippen molar-refractivity contribution in [1.29, 1.82) is 0 Å². The Balaban J connectivity index is 1.42. The quantitative estimate of drug-likeness (QED) is 0.695. The molecule has 8 atom stereocenters. The molecule has 0 bridgehead atoms. The number of carbonyl (C=O) groups is 1. The fourth-order valence-corrected chi connectivity index (χ4v) is 7.92. The molecule has 5 aliphatic rings. The van der Waals surface area contributed by atoms with Crippen molar-refractivity contribution < 1.29 is 14.6 Å². The number of fused-ring (bicyclic) bond motifs is 5. The normalized spacial score (nSPS) is 53.0. The van der Waals surface area contributed by atoms with Gasteiger partial charge in [0.1, 0.15) is 6.10 Å². The van der Waals surface area contributed by atoms with Crippen molar-refractivity contribution in [2.75, 3.05) is 6.54 Å². The molecule has 4 nitrogen and oxygen atoms in total. The summed E-state index contributed by atoms with van der Waals surface area (Å²) in [4.78, 5) is 11.6. The molecule has 4 aliphatic carbocycles. The van der Waals surface area contributed by atoms with Crippen LogP contribution in [0.4, 0.5) is 4.79 Å². The fraction of sp³-hybridized carbons (Fsp3) is 0.864. The van der Waals surface area contributed by atoms with Crippen LogP contribution in [0.1, 0.15) is 65.2 Å². The number of ether oxygens (including phenoxy) is 1. The van der Waals surface area contributed by atoms with E-state index in [4.69, 9.17) is 4.74 Å². The summed E-state index contributed by atoms with van der Waals surface area (Å²) in [6.45, 7) is 5.67. The second-order valence-corrected chi connectivity index (χ2v) is 10.2. The van der Waals surface area contributed by atoms with Crippen molar-refractivity contribution in [2.24, 2.45) is 34.5 Å². The predicted molar refractivity (Wildman–Crippen MR) is 99.5 cm³/mol. The van der Waals surface area contributed by atoms with Crippen molar-refractivity contribution >= 4 is 6.09 Å². The Morgan fingerprint density at radius 3 is 2.69 bits per heavy atom. The molecule has 0 radical (unpaired) electrons. The van der Waals surface area contributed by atoms with E-state index in [1.54, 1.807) is 5.57 Å². The zero-order valence-corrected chi connectivity index (χ0v) is 16.2. The molecule has 2 N–H and O–H groups in total. The molecule has 1 heterocycles. The summed E-state index contributed by atoms with van der Waals surface area (Å²) < 4.78 is 5.62. The Kier molecular flexibility index (Phi) is 3.77. The van der Waals surface area contributed by atoms with Crippen LogP contribution < -0.4 is 5.32 Å². The number of amides is 1. The van der Waals surface area contributed by atoms with Gasteiger partial charge in [0.15, 0.2) is 0 Å². The van der Waals surface area contributed by atoms with Gasteiger partial charge in [-0.3, -0.25) is 0 Å². The van der Waals surface area contributed by atoms with Crippen LogP contribution in [0.3, 0.4) is 0 Å². The van der Waals surface area contributed by atoms with Crippen LogP contribution >= 0.6 is 0 Å². The number of aliphatic hydroxyl groups is 1. The second-order valence-electron chi connectivity index (χ2n) is 10.2. The van der Waals surface area contributed by atoms with Gasteiger partial charge in [0.05, 0.1) is 12.6 Å². The molecule has 0 aromatic heterocycles. The van der Waals surface area contributed by atoms with Gasteiger partial charge in [-0.1, -0.05) is 25.5 Å². The third-order valence-corrected chi connectivity index (χ3v) is 9.31. The highest BCUT2D eigenvalue weighted by Gasteiger charge is 2.60. The first-order chi connectivity index (χ1) is 12.4. The fourth-order valence-electron chi connectivity index (χ4n) is 7.92. The highest BCUT2D eigenvalue weighted by Crippen LogP contribution is 2.66. The molecule has 5 rings (SSSR count). The first-order valence-electron chi connectivity index (χ1n) is 10.7. The van der Waals surface area contributed by atoms with Gasteiger partial charge in [0, 0.05) is 5.92 Å². The van der Waals surface area contributed by atoms with E-state index in [0.717, 1.165) is 37.0 Å². The highest BCUT2D eigenvalue weighted by molar-refractivity contribution is 5.69. The first-order valence-corrected chi connectivity index (χ1v) is 10.7. The maximum Gasteiger partial charge on any atom is 0.407 e. The van der Waals surface area contributed by atoms with Crippen molar-refractivity contribution in [3.8, 4) is 0 Å². The van der Waals surface area contributed by atoms with Crippen LogP contribution in [-0.4, -0.2) is 30.0 Å². The molecule has 4 fully saturated rings. The van der Waals surface area contributed by atoms with E-state index >= 15 is 0 Å². The lowest BCUT2D eigenvalue weighted by atomic mass is 9.47. The van der Waals surface area contributed by atoms with Crippen LogP contribution in [0.5, 0.6) is 0 Å². The summed E-state index contributed by atoms with van der Waals surface area (Å²) in [7, 11) is 0. The summed E-state index contributed by atoms with van der Waals surface area (Å²) in [6.07, 6.45) is 11.5. The predicted octanol–water partition coefficient (Wildman–Crippen LogP) is 4.03. The number of hydrogen-bond acceptors (Lipinski definition) is 3. The van der Waals surface area contributed by atoms with E-state index in [2.05, 4.69) is 25.2 Å². The van der Waals surface area contributed by atoms with E-state index in [1.165, 1.54) is 32.1 Å². The lowest BCUT2D eigenvalue weighted by Gasteiger charge is -2.58. The largest absolute Gasteiger partial charge is 0.444 e. The van der Waals surface area contributed by atoms with E-state index < -0.39 is 0 Å². The van der Waals surface area contributed by atoms with Gasteiger partial charge in [-0.2, -0.15) is 0 Å². The van der Waals surface area contributed by atoms with Crippen molar-refractivity contribution in [3.63, 3.8) is 0 Å². The van der Waals surface area contributed by atoms with Crippen LogP contribution in [0.15, 0.2) is 11.6 Å². The zero-order chi connectivity index (χ0) is 18.1. The minimum Gasteiger partial charge on any atom is -0.444 e. The Morgan fingerprint density at radius 1 is 1.12 bits per heavy atom. The lowest BCUT2D eigenvalue weighted by molar-refractivity contribution is -0.0658. The summed E-state index contributed by atoms with van der Waals surface area (Å²) in [5, 5.41) is 13.0. The second kappa shape index (κ2) is 5.73. The van der Waals surface area contributed by atoms with Gasteiger partial charge in [-0.05, 0) is 80.0 Å². The van der Waals surface area contributed by atoms with E-state index in [9.17, 15) is 9.90 Å². The van der Waals surface area contributed by atoms with Crippen LogP contribution in [0.2, 0.25) is 0 Å². The maximum absolute atomic E-state index is 11.6. The molecule has 1 saturated heterocycles. The number of rotatable bonds is 1. The molecule has 1 unspecified atom stereocenters. The number of cyclic esters (lactones) is 1. The summed E-state index contributed by atoms with van der Waals surface area (Å²) in [6, 6.07) is 0.